The zero-order valence-electron chi connectivity index (χ0n) is 24.5. The van der Waals surface area contributed by atoms with Crippen LogP contribution in [0.5, 0.6) is 11.9 Å². The predicted molar refractivity (Wildman–Crippen MR) is 152 cm³/mol. The molecule has 240 valence electrons. The number of nitrogen functional groups attached to an aromatic ring is 1. The van der Waals surface area contributed by atoms with E-state index in [9.17, 15) is 22.0 Å². The minimum atomic E-state index is -5.06. The molecule has 0 unspecified atom stereocenters. The Morgan fingerprint density at radius 1 is 1.16 bits per heavy atom. The van der Waals surface area contributed by atoms with Crippen molar-refractivity contribution in [2.45, 2.75) is 81.6 Å². The number of alkyl halides is 4. The van der Waals surface area contributed by atoms with Gasteiger partial charge in [0.25, 0.3) is 0 Å². The third kappa shape index (κ3) is 4.25. The van der Waals surface area contributed by atoms with Crippen LogP contribution in [0.3, 0.4) is 0 Å². The molecule has 2 aromatic heterocycles. The molecule has 0 amide bonds. The normalized spacial score (nSPS) is 30.5. The zero-order chi connectivity index (χ0) is 31.6. The van der Waals surface area contributed by atoms with Crippen LogP contribution in [-0.4, -0.2) is 82.0 Å². The van der Waals surface area contributed by atoms with E-state index in [2.05, 4.69) is 15.3 Å². The molecule has 8 rings (SSSR count). The number of hydrogen-bond donors (Lipinski definition) is 2. The molecule has 2 bridgehead atoms. The van der Waals surface area contributed by atoms with Crippen molar-refractivity contribution in [3.05, 3.63) is 28.8 Å². The van der Waals surface area contributed by atoms with Gasteiger partial charge in [-0.3, -0.25) is 4.90 Å². The summed E-state index contributed by atoms with van der Waals surface area (Å²) in [7, 11) is 0. The second-order valence-corrected chi connectivity index (χ2v) is 13.0. The maximum absolute atomic E-state index is 16.7. The highest BCUT2D eigenvalue weighted by molar-refractivity contribution is 5.97. The van der Waals surface area contributed by atoms with Gasteiger partial charge >= 0.3 is 12.2 Å². The third-order valence-corrected chi connectivity index (χ3v) is 10.3. The van der Waals surface area contributed by atoms with Crippen molar-refractivity contribution in [3.8, 4) is 23.1 Å². The van der Waals surface area contributed by atoms with Crippen LogP contribution >= 0.6 is 0 Å². The summed E-state index contributed by atoms with van der Waals surface area (Å²) in [6, 6.07) is 0.457. The van der Waals surface area contributed by atoms with Crippen LogP contribution in [0, 0.1) is 18.6 Å². The van der Waals surface area contributed by atoms with E-state index in [1.807, 2.05) is 16.7 Å². The van der Waals surface area contributed by atoms with E-state index in [0.717, 1.165) is 38.8 Å². The minimum absolute atomic E-state index is 0.0190. The molecule has 0 radical (unpaired) electrons. The van der Waals surface area contributed by atoms with Gasteiger partial charge in [0.05, 0.1) is 22.8 Å². The molecule has 3 aromatic rings. The number of fused-ring (bicyclic) bond motifs is 6. The Morgan fingerprint density at radius 2 is 1.96 bits per heavy atom. The summed E-state index contributed by atoms with van der Waals surface area (Å²) in [6.07, 6.45) is -3.77. The number of hydrogen-bond acceptors (Lipinski definition) is 9. The molecular formula is C30H31F6N7O2. The van der Waals surface area contributed by atoms with Gasteiger partial charge in [-0.2, -0.15) is 23.1 Å². The van der Waals surface area contributed by atoms with Gasteiger partial charge in [0.1, 0.15) is 47.1 Å². The van der Waals surface area contributed by atoms with Gasteiger partial charge in [-0.15, -0.1) is 0 Å². The van der Waals surface area contributed by atoms with Gasteiger partial charge < -0.3 is 25.4 Å². The molecule has 6 atom stereocenters. The number of ether oxygens (including phenoxy) is 2. The summed E-state index contributed by atoms with van der Waals surface area (Å²) in [5.41, 5.74) is 0.650. The number of piperazine rings is 1. The van der Waals surface area contributed by atoms with Crippen molar-refractivity contribution in [3.63, 3.8) is 0 Å². The Morgan fingerprint density at radius 3 is 2.67 bits per heavy atom. The topological polar surface area (TPSA) is 102 Å². The number of nitrogens with two attached hydrogens (primary N) is 1. The van der Waals surface area contributed by atoms with Crippen molar-refractivity contribution in [1.82, 2.24) is 25.2 Å². The highest BCUT2D eigenvalue weighted by Crippen LogP contribution is 2.48. The van der Waals surface area contributed by atoms with E-state index in [1.54, 1.807) is 0 Å². The number of nitrogens with one attached hydrogen (secondary N) is 1. The van der Waals surface area contributed by atoms with Gasteiger partial charge in [0, 0.05) is 43.7 Å². The van der Waals surface area contributed by atoms with E-state index < -0.39 is 63.7 Å². The van der Waals surface area contributed by atoms with Crippen LogP contribution in [0.2, 0.25) is 0 Å². The highest BCUT2D eigenvalue weighted by atomic mass is 19.4. The number of anilines is 2. The lowest BCUT2D eigenvalue weighted by Gasteiger charge is -2.47. The molecule has 0 saturated carbocycles. The maximum Gasteiger partial charge on any atom is 0.417 e. The van der Waals surface area contributed by atoms with E-state index in [-0.39, 0.29) is 47.5 Å². The van der Waals surface area contributed by atoms with E-state index >= 15 is 4.39 Å². The number of benzene rings is 1. The minimum Gasteiger partial charge on any atom is -0.472 e. The Labute approximate surface area is 254 Å². The largest absolute Gasteiger partial charge is 0.472 e. The van der Waals surface area contributed by atoms with Crippen LogP contribution in [0.15, 0.2) is 6.07 Å². The van der Waals surface area contributed by atoms with Crippen molar-refractivity contribution in [2.24, 2.45) is 0 Å². The first-order valence-electron chi connectivity index (χ1n) is 15.1. The fourth-order valence-corrected chi connectivity index (χ4v) is 8.14. The average molecular weight is 636 g/mol. The number of rotatable bonds is 4. The second kappa shape index (κ2) is 9.71. The highest BCUT2D eigenvalue weighted by Gasteiger charge is 2.53. The molecule has 15 heteroatoms. The fourth-order valence-electron chi connectivity index (χ4n) is 8.14. The molecular weight excluding hydrogens is 604 g/mol. The lowest BCUT2D eigenvalue weighted by Crippen LogP contribution is -2.62. The number of nitrogens with zero attached hydrogens (tertiary/aromatic N) is 5. The SMILES string of the molecule is Cc1c(F)c(N)cc(-c2nc3c4c(nc(OC[C@]56CCN5C[C@H](F)C6)nc4c2F)N2C[C@H]4CC[C@H](N4)[C@H]2[C@H](C)O3)c1C(F)(F)F. The quantitative estimate of drug-likeness (QED) is 0.316. The molecule has 1 aromatic carbocycles. The number of pyridine rings is 1. The zero-order valence-corrected chi connectivity index (χ0v) is 24.5. The van der Waals surface area contributed by atoms with Crippen molar-refractivity contribution in [2.75, 3.05) is 36.9 Å². The van der Waals surface area contributed by atoms with Gasteiger partial charge in [-0.05, 0) is 44.7 Å². The third-order valence-electron chi connectivity index (χ3n) is 10.3. The van der Waals surface area contributed by atoms with Crippen LogP contribution in [-0.2, 0) is 6.18 Å². The van der Waals surface area contributed by atoms with Gasteiger partial charge in [0.2, 0.25) is 5.88 Å². The van der Waals surface area contributed by atoms with Crippen molar-refractivity contribution < 1.29 is 35.8 Å². The number of halogens is 6. The Balaban J connectivity index is 1.33. The molecule has 45 heavy (non-hydrogen) atoms. The molecule has 0 spiro atoms. The van der Waals surface area contributed by atoms with Gasteiger partial charge in [-0.25, -0.2) is 18.2 Å². The van der Waals surface area contributed by atoms with Crippen LogP contribution in [0.25, 0.3) is 22.2 Å². The number of aromatic nitrogens is 3. The average Bonchev–Trinajstić information content (AvgIpc) is 3.41. The molecule has 9 nitrogen and oxygen atoms in total. The summed E-state index contributed by atoms with van der Waals surface area (Å²) < 4.78 is 101. The van der Waals surface area contributed by atoms with Crippen molar-refractivity contribution in [1.29, 1.82) is 0 Å². The maximum atomic E-state index is 16.7. The van der Waals surface area contributed by atoms with Crippen LogP contribution < -0.4 is 25.4 Å². The summed E-state index contributed by atoms with van der Waals surface area (Å²) in [5.74, 6) is -2.27. The van der Waals surface area contributed by atoms with Crippen LogP contribution in [0.4, 0.5) is 37.8 Å². The van der Waals surface area contributed by atoms with E-state index in [4.69, 9.17) is 20.2 Å². The summed E-state index contributed by atoms with van der Waals surface area (Å²) in [5, 5.41) is 3.69. The first-order valence-corrected chi connectivity index (χ1v) is 15.1. The Bertz CT molecular complexity index is 1740. The lowest BCUT2D eigenvalue weighted by molar-refractivity contribution is -0.137. The molecule has 5 aliphatic rings. The standard InChI is InChI=1S/C30H31F6N7O2/c1-12-20(30(34,35)36)16(7-17(37)21(12)32)23-22(33)24-19-26(41-28(40-24)44-11-29-5-6-42(29)9-14(31)8-29)43-10-15-3-4-18(38-15)25(43)13(2)45-27(19)39-23/h7,13-15,18,25,38H,3-6,8-11,37H2,1-2H3/t13-,14+,15+,18-,25+,29+/m0/s1. The Hall–Kier alpha value is -3.59. The smallest absolute Gasteiger partial charge is 0.417 e. The molecule has 4 saturated heterocycles. The lowest BCUT2D eigenvalue weighted by atomic mass is 9.86. The van der Waals surface area contributed by atoms with Gasteiger partial charge in [0.15, 0.2) is 5.82 Å². The molecule has 7 heterocycles. The second-order valence-electron chi connectivity index (χ2n) is 13.0. The van der Waals surface area contributed by atoms with E-state index in [1.165, 1.54) is 0 Å². The van der Waals surface area contributed by atoms with Crippen LogP contribution in [0.1, 0.15) is 43.7 Å². The fraction of sp³-hybridized carbons (Fsp3) is 0.567. The molecule has 4 fully saturated rings. The monoisotopic (exact) mass is 635 g/mol. The van der Waals surface area contributed by atoms with Gasteiger partial charge in [-0.1, -0.05) is 0 Å². The first-order chi connectivity index (χ1) is 21.3. The Kier molecular flexibility index (Phi) is 6.22. The first kappa shape index (κ1) is 28.9. The van der Waals surface area contributed by atoms with Crippen molar-refractivity contribution >= 4 is 22.4 Å². The summed E-state index contributed by atoms with van der Waals surface area (Å²) in [6.45, 7) is 4.40. The van der Waals surface area contributed by atoms with E-state index in [0.29, 0.717) is 25.3 Å². The summed E-state index contributed by atoms with van der Waals surface area (Å²) in [4.78, 5) is 17.4. The molecule has 5 aliphatic heterocycles. The predicted octanol–water partition coefficient (Wildman–Crippen LogP) is 4.53. The molecule has 0 aliphatic carbocycles. The summed E-state index contributed by atoms with van der Waals surface area (Å²) >= 11 is 0. The molecule has 3 N–H and O–H groups in total.